The smallest absolute Gasteiger partial charge is 0.254 e. The second-order valence-electron chi connectivity index (χ2n) is 6.62. The summed E-state index contributed by atoms with van der Waals surface area (Å²) in [5.74, 6) is -0.258. The molecule has 3 N–H and O–H groups in total. The van der Waals surface area contributed by atoms with Crippen molar-refractivity contribution in [1.82, 2.24) is 25.4 Å². The minimum atomic E-state index is -0.848. The fraction of sp³-hybridized carbons (Fsp3) is 0.250. The van der Waals surface area contributed by atoms with Crippen molar-refractivity contribution in [1.29, 1.82) is 0 Å². The van der Waals surface area contributed by atoms with Gasteiger partial charge in [0.2, 0.25) is 0 Å². The Morgan fingerprint density at radius 1 is 1.18 bits per heavy atom. The molecule has 1 amide bonds. The second-order valence-corrected chi connectivity index (χ2v) is 6.62. The van der Waals surface area contributed by atoms with Crippen LogP contribution in [0.15, 0.2) is 67.3 Å². The maximum absolute atomic E-state index is 13.2. The largest absolute Gasteiger partial charge is 0.389 e. The van der Waals surface area contributed by atoms with Crippen LogP contribution in [0, 0.1) is 0 Å². The van der Waals surface area contributed by atoms with Gasteiger partial charge < -0.3 is 15.7 Å². The number of aliphatic hydroxyl groups is 1. The minimum absolute atomic E-state index is 0. The molecule has 1 aliphatic heterocycles. The molecule has 0 aliphatic carbocycles. The van der Waals surface area contributed by atoms with Gasteiger partial charge in [0.15, 0.2) is 0 Å². The number of nitrogens with zero attached hydrogens (tertiary/aromatic N) is 3. The van der Waals surface area contributed by atoms with E-state index in [2.05, 4.69) is 20.7 Å². The van der Waals surface area contributed by atoms with Gasteiger partial charge in [0.05, 0.1) is 22.9 Å². The zero-order valence-corrected chi connectivity index (χ0v) is 16.0. The van der Waals surface area contributed by atoms with Crippen LogP contribution in [0.1, 0.15) is 22.3 Å². The Morgan fingerprint density at radius 3 is 2.64 bits per heavy atom. The molecule has 0 spiro atoms. The Morgan fingerprint density at radius 2 is 1.93 bits per heavy atom. The first-order chi connectivity index (χ1) is 13.2. The zero-order valence-electron chi connectivity index (χ0n) is 15.2. The van der Waals surface area contributed by atoms with Gasteiger partial charge >= 0.3 is 0 Å². The van der Waals surface area contributed by atoms with Gasteiger partial charge in [-0.05, 0) is 30.7 Å². The highest BCUT2D eigenvalue weighted by atomic mass is 35.5. The molecule has 0 saturated carbocycles. The molecule has 2 heterocycles. The molecule has 2 aromatic carbocycles. The number of halogens is 1. The lowest BCUT2D eigenvalue weighted by molar-refractivity contribution is 0.0289. The van der Waals surface area contributed by atoms with Crippen LogP contribution in [0.4, 0.5) is 0 Å². The van der Waals surface area contributed by atoms with Gasteiger partial charge in [-0.1, -0.05) is 42.5 Å². The number of β-amino-alcohol motifs (C(OH)–C–C–N with tert-alkyl or cyclic N) is 1. The van der Waals surface area contributed by atoms with Crippen molar-refractivity contribution in [3.8, 4) is 5.69 Å². The predicted molar refractivity (Wildman–Crippen MR) is 108 cm³/mol. The van der Waals surface area contributed by atoms with Crippen LogP contribution in [0.5, 0.6) is 0 Å². The van der Waals surface area contributed by atoms with Crippen LogP contribution in [-0.4, -0.2) is 45.0 Å². The molecule has 1 fully saturated rings. The maximum Gasteiger partial charge on any atom is 0.254 e. The highest BCUT2D eigenvalue weighted by Crippen LogP contribution is 2.32. The fourth-order valence-electron chi connectivity index (χ4n) is 3.62. The van der Waals surface area contributed by atoms with Crippen molar-refractivity contribution in [3.05, 3.63) is 78.4 Å². The molecule has 1 aromatic heterocycles. The van der Waals surface area contributed by atoms with E-state index >= 15 is 0 Å². The molecular formula is C20H22ClN5O2. The number of aromatic nitrogens is 3. The zero-order chi connectivity index (χ0) is 18.7. The van der Waals surface area contributed by atoms with E-state index < -0.39 is 11.6 Å². The van der Waals surface area contributed by atoms with E-state index in [0.717, 1.165) is 5.56 Å². The Balaban J connectivity index is 0.00000225. The van der Waals surface area contributed by atoms with Crippen LogP contribution in [0.25, 0.3) is 5.69 Å². The minimum Gasteiger partial charge on any atom is -0.389 e. The van der Waals surface area contributed by atoms with Crippen LogP contribution in [-0.2, 0) is 5.54 Å². The first kappa shape index (κ1) is 20.0. The first-order valence-corrected chi connectivity index (χ1v) is 8.91. The van der Waals surface area contributed by atoms with Crippen LogP contribution < -0.4 is 10.6 Å². The quantitative estimate of drug-likeness (QED) is 0.620. The summed E-state index contributed by atoms with van der Waals surface area (Å²) in [5.41, 5.74) is 1.16. The average molecular weight is 400 g/mol. The van der Waals surface area contributed by atoms with Gasteiger partial charge in [0, 0.05) is 6.54 Å². The average Bonchev–Trinajstić information content (AvgIpc) is 3.25. The fourth-order valence-corrected chi connectivity index (χ4v) is 3.62. The topological polar surface area (TPSA) is 92.1 Å². The Kier molecular flexibility index (Phi) is 6.08. The van der Waals surface area contributed by atoms with Gasteiger partial charge in [-0.25, -0.2) is 9.67 Å². The molecule has 28 heavy (non-hydrogen) atoms. The molecule has 0 bridgehead atoms. The number of hydrogen-bond donors (Lipinski definition) is 3. The molecule has 7 nitrogen and oxygen atoms in total. The van der Waals surface area contributed by atoms with Crippen molar-refractivity contribution in [2.45, 2.75) is 18.1 Å². The summed E-state index contributed by atoms with van der Waals surface area (Å²) >= 11 is 0. The molecule has 0 unspecified atom stereocenters. The maximum atomic E-state index is 13.2. The van der Waals surface area contributed by atoms with E-state index in [1.165, 1.54) is 6.33 Å². The molecule has 4 rings (SSSR count). The molecule has 146 valence electrons. The van der Waals surface area contributed by atoms with E-state index in [1.54, 1.807) is 17.1 Å². The number of carbonyl (C=O) groups is 1. The van der Waals surface area contributed by atoms with Crippen molar-refractivity contribution in [2.24, 2.45) is 0 Å². The molecule has 0 radical (unpaired) electrons. The second kappa shape index (κ2) is 8.52. The van der Waals surface area contributed by atoms with Crippen LogP contribution in [0.2, 0.25) is 0 Å². The van der Waals surface area contributed by atoms with Gasteiger partial charge in [0.25, 0.3) is 5.91 Å². The molecule has 1 aliphatic rings. The third kappa shape index (κ3) is 3.64. The molecular weight excluding hydrogens is 378 g/mol. The lowest BCUT2D eigenvalue weighted by Gasteiger charge is -2.43. The summed E-state index contributed by atoms with van der Waals surface area (Å²) in [6.07, 6.45) is 2.83. The Labute approximate surface area is 169 Å². The van der Waals surface area contributed by atoms with Gasteiger partial charge in [0.1, 0.15) is 12.7 Å². The summed E-state index contributed by atoms with van der Waals surface area (Å²) in [7, 11) is 0. The molecule has 2 atom stereocenters. The third-order valence-corrected chi connectivity index (χ3v) is 5.04. The number of para-hydroxylation sites is 1. The molecule has 3 aromatic rings. The predicted octanol–water partition coefficient (Wildman–Crippen LogP) is 1.67. The van der Waals surface area contributed by atoms with Crippen molar-refractivity contribution in [3.63, 3.8) is 0 Å². The normalized spacial score (nSPS) is 21.5. The lowest BCUT2D eigenvalue weighted by atomic mass is 9.79. The SMILES string of the molecule is Cl.O=C(N[C@@]1(c2ccccc2)CCNC[C@H]1O)c1ccccc1-n1cncn1. The van der Waals surface area contributed by atoms with Crippen molar-refractivity contribution in [2.75, 3.05) is 13.1 Å². The third-order valence-electron chi connectivity index (χ3n) is 5.04. The number of piperidine rings is 1. The van der Waals surface area contributed by atoms with Crippen molar-refractivity contribution >= 4 is 18.3 Å². The number of hydrogen-bond acceptors (Lipinski definition) is 5. The van der Waals surface area contributed by atoms with Gasteiger partial charge in [-0.15, -0.1) is 12.4 Å². The highest BCUT2D eigenvalue weighted by Gasteiger charge is 2.43. The first-order valence-electron chi connectivity index (χ1n) is 8.91. The van der Waals surface area contributed by atoms with Gasteiger partial charge in [-0.2, -0.15) is 5.10 Å². The monoisotopic (exact) mass is 399 g/mol. The van der Waals surface area contributed by atoms with E-state index in [9.17, 15) is 9.90 Å². The summed E-state index contributed by atoms with van der Waals surface area (Å²) in [6.45, 7) is 1.12. The van der Waals surface area contributed by atoms with Crippen LogP contribution in [0.3, 0.4) is 0 Å². The molecule has 1 saturated heterocycles. The van der Waals surface area contributed by atoms with Crippen LogP contribution >= 0.6 is 12.4 Å². The number of benzene rings is 2. The van der Waals surface area contributed by atoms with Crippen molar-refractivity contribution < 1.29 is 9.90 Å². The summed E-state index contributed by atoms with van der Waals surface area (Å²) in [6, 6.07) is 16.9. The Hall–Kier alpha value is -2.74. The summed E-state index contributed by atoms with van der Waals surface area (Å²) in [4.78, 5) is 17.2. The van der Waals surface area contributed by atoms with E-state index in [0.29, 0.717) is 30.8 Å². The number of aliphatic hydroxyl groups excluding tert-OH is 1. The molecule has 8 heteroatoms. The lowest BCUT2D eigenvalue weighted by Crippen LogP contribution is -2.61. The standard InChI is InChI=1S/C20H21N5O2.ClH/c26-18-12-21-11-10-20(18,15-6-2-1-3-7-15)24-19(27)16-8-4-5-9-17(16)25-14-22-13-23-25;/h1-9,13-14,18,21,26H,10-12H2,(H,24,27);1H/t18-,20-;/m1./s1. The summed E-state index contributed by atoms with van der Waals surface area (Å²) < 4.78 is 1.56. The van der Waals surface area contributed by atoms with E-state index in [-0.39, 0.29) is 18.3 Å². The highest BCUT2D eigenvalue weighted by molar-refractivity contribution is 5.98. The van der Waals surface area contributed by atoms with E-state index in [1.807, 2.05) is 48.5 Å². The Bertz CT molecular complexity index is 919. The number of nitrogens with one attached hydrogen (secondary N) is 2. The van der Waals surface area contributed by atoms with E-state index in [4.69, 9.17) is 0 Å². The van der Waals surface area contributed by atoms with Gasteiger partial charge in [-0.3, -0.25) is 4.79 Å². The number of rotatable bonds is 4. The number of amides is 1. The summed E-state index contributed by atoms with van der Waals surface area (Å²) in [5, 5.41) is 21.3. The number of carbonyl (C=O) groups excluding carboxylic acids is 1.